The summed E-state index contributed by atoms with van der Waals surface area (Å²) >= 11 is 0. The predicted octanol–water partition coefficient (Wildman–Crippen LogP) is 3.38. The minimum Gasteiger partial charge on any atom is -0.508 e. The number of nitrogens with zero attached hydrogens (tertiary/aromatic N) is 3. The summed E-state index contributed by atoms with van der Waals surface area (Å²) in [6.07, 6.45) is 2.89. The Morgan fingerprint density at radius 2 is 1.73 bits per heavy atom. The Kier molecular flexibility index (Phi) is 4.19. The number of benzene rings is 2. The Labute approximate surface area is 130 Å². The largest absolute Gasteiger partial charge is 0.508 e. The molecule has 0 radical (unpaired) electrons. The monoisotopic (exact) mass is 293 g/mol. The van der Waals surface area contributed by atoms with Crippen molar-refractivity contribution in [2.45, 2.75) is 25.8 Å². The normalized spacial score (nSPS) is 12.2. The molecule has 1 atom stereocenters. The van der Waals surface area contributed by atoms with Gasteiger partial charge in [0.15, 0.2) is 0 Å². The molecule has 1 unspecified atom stereocenters. The van der Waals surface area contributed by atoms with Crippen LogP contribution in [0.1, 0.15) is 29.7 Å². The van der Waals surface area contributed by atoms with Crippen molar-refractivity contribution in [2.24, 2.45) is 0 Å². The Balaban J connectivity index is 1.66. The molecule has 0 aliphatic heterocycles. The first-order valence-electron chi connectivity index (χ1n) is 7.42. The standard InChI is InChI=1S/C18H19N3O/c1-14(11-15-7-9-17(22)10-8-15)18-13-21(20-19-18)12-16-5-3-2-4-6-16/h2-10,13-14,22H,11-12H2,1H3. The van der Waals surface area contributed by atoms with Gasteiger partial charge in [-0.3, -0.25) is 0 Å². The van der Waals surface area contributed by atoms with Crippen molar-refractivity contribution in [3.05, 3.63) is 77.6 Å². The van der Waals surface area contributed by atoms with E-state index in [9.17, 15) is 5.11 Å². The predicted molar refractivity (Wildman–Crippen MR) is 85.8 cm³/mol. The maximum Gasteiger partial charge on any atom is 0.115 e. The molecule has 1 aromatic heterocycles. The van der Waals surface area contributed by atoms with E-state index in [0.29, 0.717) is 5.75 Å². The second-order valence-electron chi connectivity index (χ2n) is 5.60. The lowest BCUT2D eigenvalue weighted by Gasteiger charge is -2.08. The molecule has 4 heteroatoms. The lowest BCUT2D eigenvalue weighted by molar-refractivity contribution is 0.475. The van der Waals surface area contributed by atoms with Crippen molar-refractivity contribution < 1.29 is 5.11 Å². The van der Waals surface area contributed by atoms with Gasteiger partial charge in [-0.15, -0.1) is 5.10 Å². The molecule has 0 bridgehead atoms. The minimum atomic E-state index is 0.286. The van der Waals surface area contributed by atoms with E-state index in [1.54, 1.807) is 12.1 Å². The van der Waals surface area contributed by atoms with Crippen LogP contribution in [0.3, 0.4) is 0 Å². The molecule has 2 aromatic carbocycles. The van der Waals surface area contributed by atoms with Crippen molar-refractivity contribution in [1.82, 2.24) is 15.0 Å². The minimum absolute atomic E-state index is 0.286. The molecule has 1 heterocycles. The van der Waals surface area contributed by atoms with Gasteiger partial charge in [0.05, 0.1) is 12.2 Å². The van der Waals surface area contributed by atoms with Gasteiger partial charge in [0.25, 0.3) is 0 Å². The number of rotatable bonds is 5. The highest BCUT2D eigenvalue weighted by Gasteiger charge is 2.11. The smallest absolute Gasteiger partial charge is 0.115 e. The first kappa shape index (κ1) is 14.3. The first-order chi connectivity index (χ1) is 10.7. The zero-order valence-electron chi connectivity index (χ0n) is 12.6. The van der Waals surface area contributed by atoms with Crippen molar-refractivity contribution in [2.75, 3.05) is 0 Å². The van der Waals surface area contributed by atoms with Gasteiger partial charge >= 0.3 is 0 Å². The average Bonchev–Trinajstić information content (AvgIpc) is 2.99. The topological polar surface area (TPSA) is 50.9 Å². The number of phenols is 1. The van der Waals surface area contributed by atoms with Crippen LogP contribution in [0.2, 0.25) is 0 Å². The summed E-state index contributed by atoms with van der Waals surface area (Å²) in [5, 5.41) is 17.8. The van der Waals surface area contributed by atoms with Gasteiger partial charge in [0, 0.05) is 12.1 Å². The molecule has 0 fully saturated rings. The Morgan fingerprint density at radius 3 is 2.45 bits per heavy atom. The van der Waals surface area contributed by atoms with Crippen molar-refractivity contribution in [1.29, 1.82) is 0 Å². The molecule has 4 nitrogen and oxygen atoms in total. The lowest BCUT2D eigenvalue weighted by Crippen LogP contribution is -2.00. The van der Waals surface area contributed by atoms with Gasteiger partial charge in [0.1, 0.15) is 5.75 Å². The Hall–Kier alpha value is -2.62. The Morgan fingerprint density at radius 1 is 1.00 bits per heavy atom. The number of hydrogen-bond acceptors (Lipinski definition) is 3. The number of hydrogen-bond donors (Lipinski definition) is 1. The maximum atomic E-state index is 9.33. The second kappa shape index (κ2) is 6.43. The molecular weight excluding hydrogens is 274 g/mol. The average molecular weight is 293 g/mol. The summed E-state index contributed by atoms with van der Waals surface area (Å²) in [6, 6.07) is 17.6. The van der Waals surface area contributed by atoms with Crippen molar-refractivity contribution in [3.8, 4) is 5.75 Å². The number of phenolic OH excluding ortho intramolecular Hbond substituents is 1. The van der Waals surface area contributed by atoms with E-state index >= 15 is 0 Å². The SMILES string of the molecule is CC(Cc1ccc(O)cc1)c1cn(Cc2ccccc2)nn1. The third-order valence-electron chi connectivity index (χ3n) is 3.73. The zero-order valence-corrected chi connectivity index (χ0v) is 12.6. The molecule has 0 saturated heterocycles. The second-order valence-corrected chi connectivity index (χ2v) is 5.60. The van der Waals surface area contributed by atoms with E-state index in [0.717, 1.165) is 18.7 Å². The fourth-order valence-electron chi connectivity index (χ4n) is 2.48. The highest BCUT2D eigenvalue weighted by Crippen LogP contribution is 2.20. The van der Waals surface area contributed by atoms with Crippen molar-refractivity contribution in [3.63, 3.8) is 0 Å². The van der Waals surface area contributed by atoms with E-state index < -0.39 is 0 Å². The van der Waals surface area contributed by atoms with Gasteiger partial charge < -0.3 is 5.11 Å². The van der Waals surface area contributed by atoms with Crippen LogP contribution in [0.5, 0.6) is 5.75 Å². The van der Waals surface area contributed by atoms with Crippen LogP contribution in [-0.4, -0.2) is 20.1 Å². The fraction of sp³-hybridized carbons (Fsp3) is 0.222. The van der Waals surface area contributed by atoms with E-state index in [4.69, 9.17) is 0 Å². The molecule has 0 amide bonds. The summed E-state index contributed by atoms with van der Waals surface area (Å²) in [6.45, 7) is 2.88. The van der Waals surface area contributed by atoms with Gasteiger partial charge in [-0.1, -0.05) is 54.6 Å². The Bertz CT molecular complexity index is 720. The summed E-state index contributed by atoms with van der Waals surface area (Å²) in [7, 11) is 0. The van der Waals surface area contributed by atoms with Crippen LogP contribution in [0.4, 0.5) is 0 Å². The van der Waals surface area contributed by atoms with Crippen LogP contribution in [0.15, 0.2) is 60.8 Å². The first-order valence-corrected chi connectivity index (χ1v) is 7.42. The third kappa shape index (κ3) is 3.52. The number of aromatic hydroxyl groups is 1. The van der Waals surface area contributed by atoms with Crippen LogP contribution in [0.25, 0.3) is 0 Å². The summed E-state index contributed by atoms with van der Waals surface area (Å²) in [5.74, 6) is 0.583. The van der Waals surface area contributed by atoms with Gasteiger partial charge in [-0.2, -0.15) is 0 Å². The van der Waals surface area contributed by atoms with Gasteiger partial charge in [0.2, 0.25) is 0 Å². The molecule has 0 aliphatic rings. The quantitative estimate of drug-likeness (QED) is 0.784. The van der Waals surface area contributed by atoms with Crippen LogP contribution < -0.4 is 0 Å². The molecule has 112 valence electrons. The van der Waals surface area contributed by atoms with E-state index in [-0.39, 0.29) is 5.92 Å². The highest BCUT2D eigenvalue weighted by molar-refractivity contribution is 5.27. The third-order valence-corrected chi connectivity index (χ3v) is 3.73. The summed E-state index contributed by atoms with van der Waals surface area (Å²) in [4.78, 5) is 0. The summed E-state index contributed by atoms with van der Waals surface area (Å²) < 4.78 is 1.87. The summed E-state index contributed by atoms with van der Waals surface area (Å²) in [5.41, 5.74) is 3.39. The van der Waals surface area contributed by atoms with E-state index in [1.807, 2.05) is 41.2 Å². The van der Waals surface area contributed by atoms with Gasteiger partial charge in [-0.05, 0) is 29.7 Å². The van der Waals surface area contributed by atoms with Gasteiger partial charge in [-0.25, -0.2) is 4.68 Å². The highest BCUT2D eigenvalue weighted by atomic mass is 16.3. The molecule has 0 spiro atoms. The van der Waals surface area contributed by atoms with Crippen molar-refractivity contribution >= 4 is 0 Å². The maximum absolute atomic E-state index is 9.33. The van der Waals surface area contributed by atoms with Crippen LogP contribution in [0, 0.1) is 0 Å². The molecule has 3 aromatic rings. The fourth-order valence-corrected chi connectivity index (χ4v) is 2.48. The molecule has 3 rings (SSSR count). The molecular formula is C18H19N3O. The van der Waals surface area contributed by atoms with Crippen LogP contribution in [-0.2, 0) is 13.0 Å². The molecule has 1 N–H and O–H groups in total. The molecule has 0 aliphatic carbocycles. The van der Waals surface area contributed by atoms with E-state index in [2.05, 4.69) is 29.4 Å². The lowest BCUT2D eigenvalue weighted by atomic mass is 9.98. The van der Waals surface area contributed by atoms with E-state index in [1.165, 1.54) is 11.1 Å². The zero-order chi connectivity index (χ0) is 15.4. The number of aromatic nitrogens is 3. The van der Waals surface area contributed by atoms with Crippen LogP contribution >= 0.6 is 0 Å². The molecule has 22 heavy (non-hydrogen) atoms. The molecule has 0 saturated carbocycles.